The standard InChI is InChI=1S/C43H35Cl2N5O/c1-49-27-46-24-40(49)41(28-15-18-33(44)19-16-28)32-17-20-38-37(22-32)36(31-13-8-14-34(45)21-31)23-39(48-38)43(51)47-35-25-50(26-35)42(29-9-4-2-5-10-29)30-11-6-3-7-12-30/h2-24,27,35,41-42H,25-26H2,1H3,(H,47,51). The third-order valence-electron chi connectivity index (χ3n) is 9.73. The molecule has 1 atom stereocenters. The first-order valence-corrected chi connectivity index (χ1v) is 17.7. The molecule has 2 aromatic heterocycles. The number of rotatable bonds is 9. The Morgan fingerprint density at radius 1 is 0.745 bits per heavy atom. The monoisotopic (exact) mass is 707 g/mol. The van der Waals surface area contributed by atoms with Gasteiger partial charge in [-0.1, -0.05) is 114 Å². The number of pyridine rings is 1. The fourth-order valence-corrected chi connectivity index (χ4v) is 7.54. The lowest BCUT2D eigenvalue weighted by molar-refractivity contribution is 0.0715. The molecule has 1 fully saturated rings. The van der Waals surface area contributed by atoms with Gasteiger partial charge in [0.1, 0.15) is 5.69 Å². The summed E-state index contributed by atoms with van der Waals surface area (Å²) in [5.41, 5.74) is 8.56. The first-order chi connectivity index (χ1) is 24.9. The van der Waals surface area contributed by atoms with E-state index in [4.69, 9.17) is 28.2 Å². The molecule has 8 rings (SSSR count). The summed E-state index contributed by atoms with van der Waals surface area (Å²) in [6.07, 6.45) is 3.71. The molecule has 1 aliphatic heterocycles. The van der Waals surface area contributed by atoms with Crippen molar-refractivity contribution in [2.45, 2.75) is 18.0 Å². The molecule has 0 bridgehead atoms. The second-order valence-corrected chi connectivity index (χ2v) is 14.0. The number of benzene rings is 5. The minimum Gasteiger partial charge on any atom is -0.345 e. The van der Waals surface area contributed by atoms with Crippen molar-refractivity contribution in [1.29, 1.82) is 0 Å². The lowest BCUT2D eigenvalue weighted by atomic mass is 9.87. The molecule has 0 aliphatic carbocycles. The average molecular weight is 709 g/mol. The number of carbonyl (C=O) groups excluding carboxylic acids is 1. The molecule has 252 valence electrons. The number of hydrogen-bond donors (Lipinski definition) is 1. The Morgan fingerprint density at radius 2 is 1.43 bits per heavy atom. The summed E-state index contributed by atoms with van der Waals surface area (Å²) in [5, 5.41) is 5.49. The van der Waals surface area contributed by atoms with Crippen molar-refractivity contribution in [2.75, 3.05) is 13.1 Å². The van der Waals surface area contributed by atoms with Crippen LogP contribution in [0.4, 0.5) is 0 Å². The molecule has 0 radical (unpaired) electrons. The third kappa shape index (κ3) is 6.78. The van der Waals surface area contributed by atoms with E-state index in [9.17, 15) is 4.79 Å². The van der Waals surface area contributed by atoms with E-state index in [0.29, 0.717) is 15.7 Å². The van der Waals surface area contributed by atoms with Gasteiger partial charge in [0.25, 0.3) is 5.91 Å². The number of amides is 1. The molecule has 3 heterocycles. The van der Waals surface area contributed by atoms with Gasteiger partial charge >= 0.3 is 0 Å². The topological polar surface area (TPSA) is 63.1 Å². The number of carbonyl (C=O) groups is 1. The number of likely N-dealkylation sites (tertiary alicyclic amines) is 1. The van der Waals surface area contributed by atoms with Crippen LogP contribution in [0.25, 0.3) is 22.0 Å². The summed E-state index contributed by atoms with van der Waals surface area (Å²) in [6, 6.07) is 45.0. The molecule has 8 heteroatoms. The summed E-state index contributed by atoms with van der Waals surface area (Å²) in [6.45, 7) is 1.47. The van der Waals surface area contributed by atoms with Crippen LogP contribution < -0.4 is 5.32 Å². The van der Waals surface area contributed by atoms with Crippen LogP contribution in [0.2, 0.25) is 10.0 Å². The second-order valence-electron chi connectivity index (χ2n) is 13.1. The van der Waals surface area contributed by atoms with E-state index in [1.54, 1.807) is 0 Å². The summed E-state index contributed by atoms with van der Waals surface area (Å²) in [5.74, 6) is -0.301. The van der Waals surface area contributed by atoms with E-state index in [0.717, 1.165) is 51.9 Å². The van der Waals surface area contributed by atoms with Crippen molar-refractivity contribution in [3.8, 4) is 11.1 Å². The van der Waals surface area contributed by atoms with Crippen LogP contribution >= 0.6 is 23.2 Å². The number of fused-ring (bicyclic) bond motifs is 1. The molecule has 1 aliphatic rings. The minimum absolute atomic E-state index is 0.000876. The van der Waals surface area contributed by atoms with Crippen molar-refractivity contribution in [1.82, 2.24) is 24.8 Å². The number of aryl methyl sites for hydroxylation is 1. The molecule has 1 saturated heterocycles. The molecule has 51 heavy (non-hydrogen) atoms. The number of nitrogens with zero attached hydrogens (tertiary/aromatic N) is 4. The summed E-state index contributed by atoms with van der Waals surface area (Å²) in [4.78, 5) is 25.6. The quantitative estimate of drug-likeness (QED) is 0.162. The zero-order chi connectivity index (χ0) is 34.9. The normalized spacial score (nSPS) is 14.0. The third-order valence-corrected chi connectivity index (χ3v) is 10.2. The van der Waals surface area contributed by atoms with Crippen LogP contribution in [0.5, 0.6) is 0 Å². The van der Waals surface area contributed by atoms with Gasteiger partial charge in [-0.15, -0.1) is 0 Å². The van der Waals surface area contributed by atoms with Crippen molar-refractivity contribution in [3.05, 3.63) is 190 Å². The Balaban J connectivity index is 1.12. The SMILES string of the molecule is Cn1cncc1C(c1ccc(Cl)cc1)c1ccc2nc(C(=O)NC3CN(C(c4ccccc4)c4ccccc4)C3)cc(-c3cccc(Cl)c3)c2c1. The van der Waals surface area contributed by atoms with Gasteiger partial charge in [0, 0.05) is 47.5 Å². The van der Waals surface area contributed by atoms with Gasteiger partial charge in [-0.25, -0.2) is 9.97 Å². The lowest BCUT2D eigenvalue weighted by Gasteiger charge is -2.45. The molecule has 1 N–H and O–H groups in total. The second kappa shape index (κ2) is 14.2. The van der Waals surface area contributed by atoms with Crippen LogP contribution in [0.1, 0.15) is 50.4 Å². The summed E-state index contributed by atoms with van der Waals surface area (Å²) < 4.78 is 2.04. The molecule has 0 saturated carbocycles. The number of nitrogens with one attached hydrogen (secondary N) is 1. The molecule has 5 aromatic carbocycles. The predicted octanol–water partition coefficient (Wildman–Crippen LogP) is 9.33. The Kier molecular flexibility index (Phi) is 9.13. The first kappa shape index (κ1) is 32.9. The minimum atomic E-state index is -0.196. The number of hydrogen-bond acceptors (Lipinski definition) is 4. The Labute approximate surface area is 307 Å². The van der Waals surface area contributed by atoms with Crippen LogP contribution in [0.3, 0.4) is 0 Å². The molecule has 1 amide bonds. The molecule has 6 nitrogen and oxygen atoms in total. The van der Waals surface area contributed by atoms with E-state index in [2.05, 4.69) is 88.0 Å². The van der Waals surface area contributed by atoms with Crippen molar-refractivity contribution in [2.24, 2.45) is 7.05 Å². The number of aromatic nitrogens is 3. The summed E-state index contributed by atoms with van der Waals surface area (Å²) >= 11 is 12.8. The molecule has 0 spiro atoms. The van der Waals surface area contributed by atoms with Crippen molar-refractivity contribution < 1.29 is 4.79 Å². The smallest absolute Gasteiger partial charge is 0.270 e. The largest absolute Gasteiger partial charge is 0.345 e. The highest BCUT2D eigenvalue weighted by molar-refractivity contribution is 6.31. The highest BCUT2D eigenvalue weighted by Gasteiger charge is 2.35. The fourth-order valence-electron chi connectivity index (χ4n) is 7.23. The van der Waals surface area contributed by atoms with Gasteiger partial charge in [-0.2, -0.15) is 0 Å². The highest BCUT2D eigenvalue weighted by atomic mass is 35.5. The molecule has 1 unspecified atom stereocenters. The van der Waals surface area contributed by atoms with Gasteiger partial charge in [0.05, 0.1) is 29.8 Å². The maximum Gasteiger partial charge on any atom is 0.270 e. The zero-order valence-electron chi connectivity index (χ0n) is 28.0. The van der Waals surface area contributed by atoms with Crippen molar-refractivity contribution in [3.63, 3.8) is 0 Å². The molecular weight excluding hydrogens is 673 g/mol. The fraction of sp³-hybridized carbons (Fsp3) is 0.140. The van der Waals surface area contributed by atoms with E-state index >= 15 is 0 Å². The molecular formula is C43H35Cl2N5O. The van der Waals surface area contributed by atoms with Crippen LogP contribution in [0, 0.1) is 0 Å². The zero-order valence-corrected chi connectivity index (χ0v) is 29.5. The van der Waals surface area contributed by atoms with Gasteiger partial charge in [0.2, 0.25) is 0 Å². The predicted molar refractivity (Wildman–Crippen MR) is 205 cm³/mol. The van der Waals surface area contributed by atoms with Crippen molar-refractivity contribution >= 4 is 40.0 Å². The first-order valence-electron chi connectivity index (χ1n) is 17.0. The number of imidazole rings is 1. The Hall–Kier alpha value is -5.27. The maximum absolute atomic E-state index is 13.9. The highest BCUT2D eigenvalue weighted by Crippen LogP contribution is 2.37. The summed E-state index contributed by atoms with van der Waals surface area (Å²) in [7, 11) is 2.00. The van der Waals surface area contributed by atoms with Crippen LogP contribution in [-0.2, 0) is 7.05 Å². The van der Waals surface area contributed by atoms with E-state index in [-0.39, 0.29) is 23.9 Å². The Morgan fingerprint density at radius 3 is 2.08 bits per heavy atom. The van der Waals surface area contributed by atoms with E-state index in [1.807, 2.05) is 84.8 Å². The van der Waals surface area contributed by atoms with E-state index < -0.39 is 0 Å². The van der Waals surface area contributed by atoms with E-state index in [1.165, 1.54) is 11.1 Å². The van der Waals surface area contributed by atoms with Crippen LogP contribution in [-0.4, -0.2) is 44.5 Å². The Bertz CT molecular complexity index is 2280. The molecule has 7 aromatic rings. The number of halogens is 2. The van der Waals surface area contributed by atoms with Gasteiger partial charge in [-0.3, -0.25) is 9.69 Å². The van der Waals surface area contributed by atoms with Crippen LogP contribution in [0.15, 0.2) is 146 Å². The maximum atomic E-state index is 13.9. The lowest BCUT2D eigenvalue weighted by Crippen LogP contribution is -2.60. The van der Waals surface area contributed by atoms with Gasteiger partial charge in [-0.05, 0) is 75.8 Å². The van der Waals surface area contributed by atoms with Gasteiger partial charge in [0.15, 0.2) is 0 Å². The van der Waals surface area contributed by atoms with Gasteiger partial charge < -0.3 is 9.88 Å². The average Bonchev–Trinajstić information content (AvgIpc) is 3.56.